The van der Waals surface area contributed by atoms with E-state index in [4.69, 9.17) is 5.73 Å². The Labute approximate surface area is 140 Å². The molecule has 1 amide bonds. The molecule has 0 radical (unpaired) electrons. The summed E-state index contributed by atoms with van der Waals surface area (Å²) in [5.74, 6) is -0.320. The van der Waals surface area contributed by atoms with Crippen LogP contribution in [0.4, 0.5) is 4.39 Å². The maximum absolute atomic E-state index is 13.0. The summed E-state index contributed by atoms with van der Waals surface area (Å²) in [5, 5.41) is 2.60. The average Bonchev–Trinajstić information content (AvgIpc) is 2.59. The average molecular weight is 332 g/mol. The molecule has 3 nitrogen and oxygen atoms in total. The Hall–Kier alpha value is -1.85. The van der Waals surface area contributed by atoms with Crippen molar-refractivity contribution < 1.29 is 9.18 Å². The molecule has 0 fully saturated rings. The van der Waals surface area contributed by atoms with Crippen LogP contribution >= 0.6 is 11.8 Å². The predicted molar refractivity (Wildman–Crippen MR) is 92.7 cm³/mol. The molecule has 2 aromatic rings. The predicted octanol–water partition coefficient (Wildman–Crippen LogP) is 3.51. The zero-order valence-corrected chi connectivity index (χ0v) is 13.7. The Balaban J connectivity index is 2.08. The van der Waals surface area contributed by atoms with Gasteiger partial charge < -0.3 is 11.1 Å². The van der Waals surface area contributed by atoms with Gasteiger partial charge in [0.2, 0.25) is 5.91 Å². The first-order valence-electron chi connectivity index (χ1n) is 7.65. The van der Waals surface area contributed by atoms with Crippen LogP contribution in [0.3, 0.4) is 0 Å². The van der Waals surface area contributed by atoms with Gasteiger partial charge in [0.05, 0.1) is 0 Å². The fourth-order valence-electron chi connectivity index (χ4n) is 2.12. The number of carbonyl (C=O) groups is 1. The first-order chi connectivity index (χ1) is 11.2. The van der Waals surface area contributed by atoms with Crippen LogP contribution in [0, 0.1) is 5.82 Å². The highest BCUT2D eigenvalue weighted by molar-refractivity contribution is 8.00. The van der Waals surface area contributed by atoms with Gasteiger partial charge in [-0.3, -0.25) is 4.79 Å². The number of amides is 1. The van der Waals surface area contributed by atoms with Crippen LogP contribution in [0.15, 0.2) is 59.5 Å². The van der Waals surface area contributed by atoms with Crippen LogP contribution in [-0.4, -0.2) is 19.0 Å². The lowest BCUT2D eigenvalue weighted by atomic mass is 10.1. The molecule has 122 valence electrons. The van der Waals surface area contributed by atoms with Gasteiger partial charge in [-0.1, -0.05) is 30.3 Å². The third-order valence-electron chi connectivity index (χ3n) is 3.34. The largest absolute Gasteiger partial charge is 0.355 e. The Morgan fingerprint density at radius 3 is 2.43 bits per heavy atom. The maximum Gasteiger partial charge on any atom is 0.237 e. The van der Waals surface area contributed by atoms with Crippen LogP contribution in [0.25, 0.3) is 0 Å². The van der Waals surface area contributed by atoms with Crippen molar-refractivity contribution in [2.45, 2.75) is 23.0 Å². The van der Waals surface area contributed by atoms with E-state index < -0.39 is 0 Å². The van der Waals surface area contributed by atoms with Crippen LogP contribution < -0.4 is 11.1 Å². The van der Waals surface area contributed by atoms with Crippen molar-refractivity contribution in [2.24, 2.45) is 5.73 Å². The molecule has 3 N–H and O–H groups in total. The molecule has 0 aliphatic rings. The van der Waals surface area contributed by atoms with E-state index >= 15 is 0 Å². The van der Waals surface area contributed by atoms with Gasteiger partial charge in [-0.05, 0) is 49.2 Å². The Morgan fingerprint density at radius 1 is 1.09 bits per heavy atom. The molecule has 0 aromatic heterocycles. The molecule has 0 heterocycles. The summed E-state index contributed by atoms with van der Waals surface area (Å²) in [7, 11) is 0. The molecule has 0 aliphatic carbocycles. The van der Waals surface area contributed by atoms with Crippen molar-refractivity contribution >= 4 is 17.7 Å². The van der Waals surface area contributed by atoms with Gasteiger partial charge in [-0.15, -0.1) is 11.8 Å². The molecule has 5 heteroatoms. The second kappa shape index (κ2) is 9.33. The summed E-state index contributed by atoms with van der Waals surface area (Å²) in [6.07, 6.45) is 1.76. The van der Waals surface area contributed by atoms with Gasteiger partial charge in [0.25, 0.3) is 0 Å². The zero-order valence-electron chi connectivity index (χ0n) is 12.9. The maximum atomic E-state index is 13.0. The van der Waals surface area contributed by atoms with Gasteiger partial charge in [0, 0.05) is 11.4 Å². The van der Waals surface area contributed by atoms with Crippen LogP contribution in [0.5, 0.6) is 0 Å². The number of rotatable bonds is 8. The van der Waals surface area contributed by atoms with Crippen molar-refractivity contribution in [3.05, 3.63) is 66.0 Å². The van der Waals surface area contributed by atoms with E-state index in [2.05, 4.69) is 5.32 Å². The summed E-state index contributed by atoms with van der Waals surface area (Å²) < 4.78 is 13.0. The van der Waals surface area contributed by atoms with E-state index in [9.17, 15) is 9.18 Å². The van der Waals surface area contributed by atoms with Crippen molar-refractivity contribution in [2.75, 3.05) is 13.1 Å². The van der Waals surface area contributed by atoms with Crippen LogP contribution in [0.2, 0.25) is 0 Å². The monoisotopic (exact) mass is 332 g/mol. The minimum absolute atomic E-state index is 0.0393. The summed E-state index contributed by atoms with van der Waals surface area (Å²) in [6.45, 7) is 1.24. The third kappa shape index (κ3) is 5.69. The fourth-order valence-corrected chi connectivity index (χ4v) is 3.17. The zero-order chi connectivity index (χ0) is 16.5. The van der Waals surface area contributed by atoms with E-state index in [0.717, 1.165) is 23.3 Å². The van der Waals surface area contributed by atoms with E-state index in [1.807, 2.05) is 30.3 Å². The highest BCUT2D eigenvalue weighted by Crippen LogP contribution is 2.35. The number of unbranched alkanes of at least 4 members (excludes halogenated alkanes) is 1. The highest BCUT2D eigenvalue weighted by atomic mass is 32.2. The fraction of sp³-hybridized carbons (Fsp3) is 0.278. The lowest BCUT2D eigenvalue weighted by Gasteiger charge is -2.17. The van der Waals surface area contributed by atoms with Gasteiger partial charge in [0.1, 0.15) is 11.1 Å². The van der Waals surface area contributed by atoms with Crippen molar-refractivity contribution in [3.63, 3.8) is 0 Å². The molecule has 0 saturated carbocycles. The number of hydrogen-bond donors (Lipinski definition) is 2. The third-order valence-corrected chi connectivity index (χ3v) is 4.60. The van der Waals surface area contributed by atoms with Gasteiger partial charge in [-0.25, -0.2) is 4.39 Å². The minimum atomic E-state index is -0.362. The molecule has 0 spiro atoms. The lowest BCUT2D eigenvalue weighted by Crippen LogP contribution is -2.29. The number of halogens is 1. The Morgan fingerprint density at radius 2 is 1.78 bits per heavy atom. The molecule has 0 saturated heterocycles. The smallest absolute Gasteiger partial charge is 0.237 e. The van der Waals surface area contributed by atoms with E-state index in [1.165, 1.54) is 23.9 Å². The summed E-state index contributed by atoms with van der Waals surface area (Å²) in [6, 6.07) is 15.8. The standard InChI is InChI=1S/C18H21FN2OS/c19-15-8-10-16(11-9-15)23-17(14-6-2-1-3-7-14)18(22)21-13-5-4-12-20/h1-3,6-11,17H,4-5,12-13,20H2,(H,21,22). The molecular weight excluding hydrogens is 311 g/mol. The molecular formula is C18H21FN2OS. The number of nitrogens with one attached hydrogen (secondary N) is 1. The van der Waals surface area contributed by atoms with Gasteiger partial charge in [0.15, 0.2) is 0 Å². The number of nitrogens with two attached hydrogens (primary N) is 1. The first kappa shape index (κ1) is 17.5. The van der Waals surface area contributed by atoms with Crippen molar-refractivity contribution in [1.82, 2.24) is 5.32 Å². The van der Waals surface area contributed by atoms with Crippen molar-refractivity contribution in [3.8, 4) is 0 Å². The first-order valence-corrected chi connectivity index (χ1v) is 8.53. The number of carbonyl (C=O) groups excluding carboxylic acids is 1. The molecule has 1 unspecified atom stereocenters. The second-order valence-electron chi connectivity index (χ2n) is 5.15. The molecule has 0 bridgehead atoms. The summed E-state index contributed by atoms with van der Waals surface area (Å²) in [5.41, 5.74) is 6.39. The van der Waals surface area contributed by atoms with Crippen molar-refractivity contribution in [1.29, 1.82) is 0 Å². The molecule has 0 aliphatic heterocycles. The van der Waals surface area contributed by atoms with E-state index in [1.54, 1.807) is 12.1 Å². The summed E-state index contributed by atoms with van der Waals surface area (Å²) in [4.78, 5) is 13.4. The number of benzene rings is 2. The molecule has 2 rings (SSSR count). The SMILES string of the molecule is NCCCCNC(=O)C(Sc1ccc(F)cc1)c1ccccc1. The van der Waals surface area contributed by atoms with Crippen LogP contribution in [-0.2, 0) is 4.79 Å². The van der Waals surface area contributed by atoms with Gasteiger partial charge >= 0.3 is 0 Å². The topological polar surface area (TPSA) is 55.1 Å². The lowest BCUT2D eigenvalue weighted by molar-refractivity contribution is -0.120. The van der Waals surface area contributed by atoms with E-state index in [0.29, 0.717) is 13.1 Å². The Kier molecular flexibility index (Phi) is 7.10. The number of hydrogen-bond acceptors (Lipinski definition) is 3. The second-order valence-corrected chi connectivity index (χ2v) is 6.33. The molecule has 1 atom stereocenters. The Bertz CT molecular complexity index is 604. The number of thioether (sulfide) groups is 1. The summed E-state index contributed by atoms with van der Waals surface area (Å²) >= 11 is 1.42. The molecule has 2 aromatic carbocycles. The minimum Gasteiger partial charge on any atom is -0.355 e. The van der Waals surface area contributed by atoms with Gasteiger partial charge in [-0.2, -0.15) is 0 Å². The highest BCUT2D eigenvalue weighted by Gasteiger charge is 2.21. The van der Waals surface area contributed by atoms with Crippen LogP contribution in [0.1, 0.15) is 23.7 Å². The normalized spacial score (nSPS) is 11.9. The van der Waals surface area contributed by atoms with E-state index in [-0.39, 0.29) is 17.0 Å². The molecule has 23 heavy (non-hydrogen) atoms. The quantitative estimate of drug-likeness (QED) is 0.574.